The van der Waals surface area contributed by atoms with Crippen molar-refractivity contribution in [2.45, 2.75) is 60.5 Å². The van der Waals surface area contributed by atoms with Crippen LogP contribution < -0.4 is 11.1 Å². The van der Waals surface area contributed by atoms with Crippen LogP contribution in [0.25, 0.3) is 0 Å². The fourth-order valence-corrected chi connectivity index (χ4v) is 3.13. The van der Waals surface area contributed by atoms with Gasteiger partial charge in [0.2, 0.25) is 5.91 Å². The highest BCUT2D eigenvalue weighted by Crippen LogP contribution is 2.52. The maximum absolute atomic E-state index is 12.1. The maximum atomic E-state index is 12.1. The highest BCUT2D eigenvalue weighted by atomic mass is 16.2. The molecule has 1 fully saturated rings. The third-order valence-corrected chi connectivity index (χ3v) is 4.79. The molecule has 100 valence electrons. The molecule has 0 aliphatic heterocycles. The summed E-state index contributed by atoms with van der Waals surface area (Å²) in [5.74, 6) is 0.575. The van der Waals surface area contributed by atoms with Gasteiger partial charge in [0.15, 0.2) is 0 Å². The molecule has 0 spiro atoms. The Balaban J connectivity index is 2.73. The predicted octanol–water partition coefficient (Wildman–Crippen LogP) is 2.16. The van der Waals surface area contributed by atoms with Gasteiger partial charge in [0.25, 0.3) is 0 Å². The zero-order valence-electron chi connectivity index (χ0n) is 12.3. The summed E-state index contributed by atoms with van der Waals surface area (Å²) in [7, 11) is 0. The van der Waals surface area contributed by atoms with Gasteiger partial charge in [-0.15, -0.1) is 0 Å². The second-order valence-electron chi connectivity index (χ2n) is 7.09. The van der Waals surface area contributed by atoms with E-state index in [0.717, 1.165) is 0 Å². The first kappa shape index (κ1) is 14.5. The van der Waals surface area contributed by atoms with Crippen molar-refractivity contribution >= 4 is 5.91 Å². The number of carbonyl (C=O) groups is 1. The molecule has 1 saturated carbocycles. The van der Waals surface area contributed by atoms with Crippen LogP contribution in [0, 0.1) is 22.7 Å². The zero-order valence-corrected chi connectivity index (χ0v) is 12.3. The normalized spacial score (nSPS) is 31.8. The molecule has 0 heterocycles. The summed E-state index contributed by atoms with van der Waals surface area (Å²) in [4.78, 5) is 12.1. The molecular weight excluding hydrogens is 212 g/mol. The first-order valence-electron chi connectivity index (χ1n) is 6.58. The number of amides is 1. The van der Waals surface area contributed by atoms with Crippen LogP contribution in [0.4, 0.5) is 0 Å². The van der Waals surface area contributed by atoms with Crippen molar-refractivity contribution in [1.29, 1.82) is 0 Å². The van der Waals surface area contributed by atoms with E-state index in [1.165, 1.54) is 0 Å². The van der Waals surface area contributed by atoms with Crippen LogP contribution in [0.3, 0.4) is 0 Å². The molecule has 1 amide bonds. The van der Waals surface area contributed by atoms with Crippen molar-refractivity contribution in [1.82, 2.24) is 5.32 Å². The molecule has 3 N–H and O–H groups in total. The molecule has 3 nitrogen and oxygen atoms in total. The van der Waals surface area contributed by atoms with E-state index in [4.69, 9.17) is 5.73 Å². The summed E-state index contributed by atoms with van der Waals surface area (Å²) in [5.41, 5.74) is 6.15. The lowest BCUT2D eigenvalue weighted by Gasteiger charge is -2.63. The van der Waals surface area contributed by atoms with Gasteiger partial charge in [-0.1, -0.05) is 48.5 Å². The van der Waals surface area contributed by atoms with Crippen molar-refractivity contribution < 1.29 is 4.79 Å². The first-order valence-corrected chi connectivity index (χ1v) is 6.58. The van der Waals surface area contributed by atoms with Crippen LogP contribution in [-0.2, 0) is 4.79 Å². The lowest BCUT2D eigenvalue weighted by atomic mass is 9.48. The summed E-state index contributed by atoms with van der Waals surface area (Å²) in [6.07, 6.45) is 0. The fourth-order valence-electron chi connectivity index (χ4n) is 3.13. The third-order valence-electron chi connectivity index (χ3n) is 4.79. The molecule has 17 heavy (non-hydrogen) atoms. The van der Waals surface area contributed by atoms with Crippen molar-refractivity contribution in [3.05, 3.63) is 0 Å². The number of rotatable bonds is 3. The summed E-state index contributed by atoms with van der Waals surface area (Å²) in [6, 6.07) is 0.299. The molecule has 1 aliphatic rings. The Morgan fingerprint density at radius 3 is 1.88 bits per heavy atom. The van der Waals surface area contributed by atoms with E-state index in [1.54, 1.807) is 0 Å². The Kier molecular flexibility index (Phi) is 3.64. The molecule has 3 heteroatoms. The minimum atomic E-state index is -0.0180. The van der Waals surface area contributed by atoms with Crippen LogP contribution >= 0.6 is 0 Å². The molecule has 0 radical (unpaired) electrons. The van der Waals surface area contributed by atoms with Gasteiger partial charge in [-0.3, -0.25) is 4.79 Å². The molecule has 1 rings (SSSR count). The van der Waals surface area contributed by atoms with E-state index in [-0.39, 0.29) is 34.7 Å². The van der Waals surface area contributed by atoms with Gasteiger partial charge in [0, 0.05) is 28.8 Å². The average molecular weight is 240 g/mol. The fraction of sp³-hybridized carbons (Fsp3) is 0.929. The van der Waals surface area contributed by atoms with Crippen LogP contribution in [0.5, 0.6) is 0 Å². The van der Waals surface area contributed by atoms with E-state index in [0.29, 0.717) is 5.92 Å². The van der Waals surface area contributed by atoms with Gasteiger partial charge < -0.3 is 11.1 Å². The quantitative estimate of drug-likeness (QED) is 0.794. The lowest BCUT2D eigenvalue weighted by molar-refractivity contribution is -0.136. The molecule has 0 aromatic heterocycles. The zero-order chi connectivity index (χ0) is 13.6. The molecule has 1 atom stereocenters. The number of carbonyl (C=O) groups excluding carboxylic acids is 1. The lowest BCUT2D eigenvalue weighted by Crippen LogP contribution is -2.76. The van der Waals surface area contributed by atoms with Crippen LogP contribution in [0.15, 0.2) is 0 Å². The minimum absolute atomic E-state index is 0.0180. The summed E-state index contributed by atoms with van der Waals surface area (Å²) in [6.45, 7) is 14.7. The van der Waals surface area contributed by atoms with E-state index in [1.807, 2.05) is 6.92 Å². The Hall–Kier alpha value is -0.570. The van der Waals surface area contributed by atoms with Gasteiger partial charge in [-0.05, 0) is 5.92 Å². The number of hydrogen-bond donors (Lipinski definition) is 2. The number of nitrogens with two attached hydrogens (primary N) is 1. The number of nitrogens with one attached hydrogen (secondary N) is 1. The standard InChI is InChI=1S/C14H28N2O/c1-8(2)9(3)10(17)16-12-13(4,5)11(15)14(12,6)7/h8-9,11-12H,15H2,1-7H3,(H,16,17). The van der Waals surface area contributed by atoms with Gasteiger partial charge in [0.05, 0.1) is 0 Å². The van der Waals surface area contributed by atoms with Gasteiger partial charge in [0.1, 0.15) is 0 Å². The molecule has 0 bridgehead atoms. The minimum Gasteiger partial charge on any atom is -0.352 e. The van der Waals surface area contributed by atoms with Gasteiger partial charge >= 0.3 is 0 Å². The second kappa shape index (κ2) is 4.27. The van der Waals surface area contributed by atoms with Gasteiger partial charge in [-0.2, -0.15) is 0 Å². The number of hydrogen-bond acceptors (Lipinski definition) is 2. The Bertz CT molecular complexity index is 291. The Morgan fingerprint density at radius 1 is 1.12 bits per heavy atom. The van der Waals surface area contributed by atoms with E-state index < -0.39 is 0 Å². The maximum Gasteiger partial charge on any atom is 0.223 e. The average Bonchev–Trinajstić information content (AvgIpc) is 2.22. The van der Waals surface area contributed by atoms with Crippen LogP contribution in [-0.4, -0.2) is 18.0 Å². The molecule has 1 aliphatic carbocycles. The Morgan fingerprint density at radius 2 is 1.53 bits per heavy atom. The molecule has 0 saturated heterocycles. The third kappa shape index (κ3) is 2.22. The summed E-state index contributed by atoms with van der Waals surface area (Å²) < 4.78 is 0. The second-order valence-corrected chi connectivity index (χ2v) is 7.09. The van der Waals surface area contributed by atoms with Crippen LogP contribution in [0.1, 0.15) is 48.5 Å². The molecule has 0 aromatic carbocycles. The summed E-state index contributed by atoms with van der Waals surface area (Å²) >= 11 is 0. The summed E-state index contributed by atoms with van der Waals surface area (Å²) in [5, 5.41) is 3.19. The molecule has 1 unspecified atom stereocenters. The first-order chi connectivity index (χ1) is 7.52. The molecular formula is C14H28N2O. The van der Waals surface area contributed by atoms with Gasteiger partial charge in [-0.25, -0.2) is 0 Å². The monoisotopic (exact) mass is 240 g/mol. The van der Waals surface area contributed by atoms with E-state index >= 15 is 0 Å². The smallest absolute Gasteiger partial charge is 0.223 e. The molecule has 0 aromatic rings. The van der Waals surface area contributed by atoms with Crippen molar-refractivity contribution in [2.75, 3.05) is 0 Å². The van der Waals surface area contributed by atoms with Crippen LogP contribution in [0.2, 0.25) is 0 Å². The highest BCUT2D eigenvalue weighted by Gasteiger charge is 2.60. The van der Waals surface area contributed by atoms with E-state index in [9.17, 15) is 4.79 Å². The SMILES string of the molecule is CC(C)C(C)C(=O)NC1C(C)(C)C(N)C1(C)C. The topological polar surface area (TPSA) is 55.1 Å². The van der Waals surface area contributed by atoms with Crippen molar-refractivity contribution in [3.8, 4) is 0 Å². The van der Waals surface area contributed by atoms with Crippen molar-refractivity contribution in [3.63, 3.8) is 0 Å². The largest absolute Gasteiger partial charge is 0.352 e. The predicted molar refractivity (Wildman–Crippen MR) is 71.5 cm³/mol. The Labute approximate surface area is 106 Å². The highest BCUT2D eigenvalue weighted by molar-refractivity contribution is 5.79. The van der Waals surface area contributed by atoms with E-state index in [2.05, 4.69) is 46.9 Å². The van der Waals surface area contributed by atoms with Crippen molar-refractivity contribution in [2.24, 2.45) is 28.4 Å².